The molecule has 3 rings (SSSR count). The van der Waals surface area contributed by atoms with Crippen LogP contribution in [0, 0.1) is 5.92 Å². The van der Waals surface area contributed by atoms with Crippen molar-refractivity contribution >= 4 is 5.97 Å². The average molecular weight is 368 g/mol. The third kappa shape index (κ3) is 3.84. The summed E-state index contributed by atoms with van der Waals surface area (Å²) in [7, 11) is 1.70. The fraction of sp³-hybridized carbons (Fsp3) is 0.850. The Morgan fingerprint density at radius 1 is 1.35 bits per heavy atom. The summed E-state index contributed by atoms with van der Waals surface area (Å²) in [5.41, 5.74) is 0.844. The minimum atomic E-state index is -0.336. The van der Waals surface area contributed by atoms with Crippen molar-refractivity contribution in [3.63, 3.8) is 0 Å². The van der Waals surface area contributed by atoms with Crippen molar-refractivity contribution < 1.29 is 28.5 Å². The topological polar surface area (TPSA) is 69.8 Å². The Morgan fingerprint density at radius 3 is 2.65 bits per heavy atom. The fourth-order valence-corrected chi connectivity index (χ4v) is 4.50. The van der Waals surface area contributed by atoms with Crippen LogP contribution in [0.4, 0.5) is 0 Å². The molecule has 1 aliphatic carbocycles. The minimum absolute atomic E-state index is 0.0439. The highest BCUT2D eigenvalue weighted by Crippen LogP contribution is 2.59. The maximum absolute atomic E-state index is 11.7. The second-order valence-electron chi connectivity index (χ2n) is 8.03. The highest BCUT2D eigenvalue weighted by molar-refractivity contribution is 5.70. The van der Waals surface area contributed by atoms with Gasteiger partial charge in [0.05, 0.1) is 43.0 Å². The molecule has 3 fully saturated rings. The Labute approximate surface area is 156 Å². The molecule has 0 amide bonds. The average Bonchev–Trinajstić information content (AvgIpc) is 3.50. The van der Waals surface area contributed by atoms with Crippen molar-refractivity contribution in [2.75, 3.05) is 26.9 Å². The molecule has 2 saturated heterocycles. The summed E-state index contributed by atoms with van der Waals surface area (Å²) in [6.45, 7) is 9.21. The molecule has 0 radical (unpaired) electrons. The van der Waals surface area contributed by atoms with Crippen LogP contribution in [0.1, 0.15) is 47.0 Å². The number of hydrogen-bond donors (Lipinski definition) is 0. The standard InChI is InChI=1S/C20H32O6/c1-6-23-16(21)11-24-14-9-10-20(12-25-20)18(17(14)22-5)19(4)15(26-19)8-7-13(2)3/h7,14-15,17-18H,6,8-12H2,1-5H3. The molecule has 6 heteroatoms. The van der Waals surface area contributed by atoms with E-state index in [0.717, 1.165) is 25.9 Å². The highest BCUT2D eigenvalue weighted by atomic mass is 16.6. The second kappa shape index (κ2) is 7.58. The van der Waals surface area contributed by atoms with Crippen molar-refractivity contribution in [3.05, 3.63) is 11.6 Å². The van der Waals surface area contributed by atoms with Gasteiger partial charge in [0.1, 0.15) is 12.2 Å². The Morgan fingerprint density at radius 2 is 2.08 bits per heavy atom. The van der Waals surface area contributed by atoms with E-state index < -0.39 is 0 Å². The molecule has 2 heterocycles. The van der Waals surface area contributed by atoms with E-state index in [1.54, 1.807) is 14.0 Å². The number of hydrogen-bond acceptors (Lipinski definition) is 6. The molecule has 1 saturated carbocycles. The van der Waals surface area contributed by atoms with Gasteiger partial charge >= 0.3 is 5.97 Å². The molecular weight excluding hydrogens is 336 g/mol. The first kappa shape index (κ1) is 19.8. The van der Waals surface area contributed by atoms with Gasteiger partial charge in [0.15, 0.2) is 0 Å². The molecule has 6 unspecified atom stereocenters. The SMILES string of the molecule is CCOC(=O)COC1CCC2(CO2)C(C2(C)OC2CC=C(C)C)C1OC. The molecule has 3 aliphatic rings. The summed E-state index contributed by atoms with van der Waals surface area (Å²) in [5, 5.41) is 0. The number of esters is 1. The van der Waals surface area contributed by atoms with Crippen molar-refractivity contribution in [1.82, 2.24) is 0 Å². The first-order valence-electron chi connectivity index (χ1n) is 9.61. The van der Waals surface area contributed by atoms with Gasteiger partial charge in [0.2, 0.25) is 0 Å². The van der Waals surface area contributed by atoms with Gasteiger partial charge in [0.25, 0.3) is 0 Å². The monoisotopic (exact) mass is 368 g/mol. The fourth-order valence-electron chi connectivity index (χ4n) is 4.50. The van der Waals surface area contributed by atoms with E-state index in [-0.39, 0.29) is 48.0 Å². The van der Waals surface area contributed by atoms with Crippen molar-refractivity contribution in [2.24, 2.45) is 5.92 Å². The lowest BCUT2D eigenvalue weighted by Gasteiger charge is -2.42. The van der Waals surface area contributed by atoms with Gasteiger partial charge in [-0.1, -0.05) is 11.6 Å². The highest BCUT2D eigenvalue weighted by Gasteiger charge is 2.71. The lowest BCUT2D eigenvalue weighted by atomic mass is 9.68. The third-order valence-electron chi connectivity index (χ3n) is 5.96. The largest absolute Gasteiger partial charge is 0.464 e. The summed E-state index contributed by atoms with van der Waals surface area (Å²) in [6.07, 6.45) is 4.68. The van der Waals surface area contributed by atoms with Crippen molar-refractivity contribution in [3.8, 4) is 0 Å². The normalized spacial score (nSPS) is 41.0. The number of carbonyl (C=O) groups is 1. The Bertz CT molecular complexity index is 551. The number of epoxide rings is 2. The molecule has 2 aliphatic heterocycles. The molecule has 0 bridgehead atoms. The van der Waals surface area contributed by atoms with Crippen LogP contribution < -0.4 is 0 Å². The predicted molar refractivity (Wildman–Crippen MR) is 95.9 cm³/mol. The van der Waals surface area contributed by atoms with E-state index in [2.05, 4.69) is 26.8 Å². The van der Waals surface area contributed by atoms with Gasteiger partial charge in [-0.2, -0.15) is 0 Å². The van der Waals surface area contributed by atoms with Crippen LogP contribution >= 0.6 is 0 Å². The summed E-state index contributed by atoms with van der Waals surface area (Å²) < 4.78 is 28.8. The third-order valence-corrected chi connectivity index (χ3v) is 5.96. The van der Waals surface area contributed by atoms with Crippen LogP contribution in [0.5, 0.6) is 0 Å². The molecule has 6 nitrogen and oxygen atoms in total. The number of ether oxygens (including phenoxy) is 5. The van der Waals surface area contributed by atoms with E-state index >= 15 is 0 Å². The van der Waals surface area contributed by atoms with E-state index in [1.807, 2.05) is 0 Å². The maximum atomic E-state index is 11.7. The molecule has 0 N–H and O–H groups in total. The Balaban J connectivity index is 1.70. The number of carbonyl (C=O) groups excluding carboxylic acids is 1. The summed E-state index contributed by atoms with van der Waals surface area (Å²) in [5.74, 6) is -0.242. The Kier molecular flexibility index (Phi) is 5.78. The molecule has 26 heavy (non-hydrogen) atoms. The van der Waals surface area contributed by atoms with Gasteiger partial charge in [0, 0.05) is 7.11 Å². The van der Waals surface area contributed by atoms with Gasteiger partial charge in [-0.3, -0.25) is 0 Å². The zero-order chi connectivity index (χ0) is 18.9. The van der Waals surface area contributed by atoms with Crippen LogP contribution in [0.25, 0.3) is 0 Å². The van der Waals surface area contributed by atoms with Crippen LogP contribution in [0.3, 0.4) is 0 Å². The lowest BCUT2D eigenvalue weighted by Crippen LogP contribution is -2.55. The molecule has 148 valence electrons. The lowest BCUT2D eigenvalue weighted by molar-refractivity contribution is -0.165. The molecule has 6 atom stereocenters. The second-order valence-corrected chi connectivity index (χ2v) is 8.03. The van der Waals surface area contributed by atoms with Crippen molar-refractivity contribution in [1.29, 1.82) is 0 Å². The Hall–Kier alpha value is -0.950. The van der Waals surface area contributed by atoms with Gasteiger partial charge in [-0.25, -0.2) is 4.79 Å². The summed E-state index contributed by atoms with van der Waals surface area (Å²) in [6, 6.07) is 0. The first-order chi connectivity index (χ1) is 12.4. The zero-order valence-electron chi connectivity index (χ0n) is 16.6. The van der Waals surface area contributed by atoms with Crippen LogP contribution in [-0.2, 0) is 28.5 Å². The van der Waals surface area contributed by atoms with Crippen LogP contribution in [0.15, 0.2) is 11.6 Å². The number of allylic oxidation sites excluding steroid dienone is 1. The van der Waals surface area contributed by atoms with E-state index in [4.69, 9.17) is 23.7 Å². The maximum Gasteiger partial charge on any atom is 0.332 e. The van der Waals surface area contributed by atoms with Gasteiger partial charge in [-0.05, 0) is 47.0 Å². The predicted octanol–water partition coefficient (Wildman–Crippen LogP) is 2.64. The quantitative estimate of drug-likeness (QED) is 0.373. The van der Waals surface area contributed by atoms with E-state index in [9.17, 15) is 4.79 Å². The van der Waals surface area contributed by atoms with E-state index in [1.165, 1.54) is 5.57 Å². The van der Waals surface area contributed by atoms with Gasteiger partial charge in [-0.15, -0.1) is 0 Å². The number of rotatable bonds is 8. The molecule has 0 aromatic heterocycles. The molecule has 1 spiro atoms. The first-order valence-corrected chi connectivity index (χ1v) is 9.61. The minimum Gasteiger partial charge on any atom is -0.464 e. The van der Waals surface area contributed by atoms with E-state index in [0.29, 0.717) is 6.61 Å². The summed E-state index contributed by atoms with van der Waals surface area (Å²) in [4.78, 5) is 11.7. The number of methoxy groups -OCH3 is 1. The molecule has 0 aromatic rings. The van der Waals surface area contributed by atoms with Crippen LogP contribution in [0.2, 0.25) is 0 Å². The van der Waals surface area contributed by atoms with Crippen LogP contribution in [-0.4, -0.2) is 62.4 Å². The molecule has 0 aromatic carbocycles. The van der Waals surface area contributed by atoms with Crippen molar-refractivity contribution in [2.45, 2.75) is 76.5 Å². The smallest absolute Gasteiger partial charge is 0.332 e. The van der Waals surface area contributed by atoms with Gasteiger partial charge < -0.3 is 23.7 Å². The zero-order valence-corrected chi connectivity index (χ0v) is 16.6. The summed E-state index contributed by atoms with van der Waals surface area (Å²) >= 11 is 0. The molecular formula is C20H32O6.